The first-order valence-corrected chi connectivity index (χ1v) is 11.0. The average molecular weight is 509 g/mol. The Hall–Kier alpha value is -3.39. The van der Waals surface area contributed by atoms with Crippen LogP contribution in [0, 0.1) is 10.1 Å². The lowest BCUT2D eigenvalue weighted by atomic mass is 10.2. The third-order valence-electron chi connectivity index (χ3n) is 4.03. The molecule has 0 saturated heterocycles. The van der Waals surface area contributed by atoms with Crippen molar-refractivity contribution in [2.24, 2.45) is 5.10 Å². The summed E-state index contributed by atoms with van der Waals surface area (Å²) < 4.78 is 68.8. The first-order valence-electron chi connectivity index (χ1n) is 8.73. The summed E-state index contributed by atoms with van der Waals surface area (Å²) in [6.07, 6.45) is -3.08. The number of methoxy groups -OCH3 is 1. The number of sulfonamides is 1. The maximum atomic E-state index is 13.1. The number of alkyl halides is 3. The predicted octanol–water partition coefficient (Wildman–Crippen LogP) is 3.19. The number of hydrogen-bond acceptors (Lipinski definition) is 7. The van der Waals surface area contributed by atoms with Crippen LogP contribution in [-0.4, -0.2) is 45.4 Å². The van der Waals surface area contributed by atoms with Gasteiger partial charge in [-0.05, 0) is 30.3 Å². The molecule has 0 atom stereocenters. The van der Waals surface area contributed by atoms with E-state index in [-0.39, 0.29) is 17.0 Å². The third-order valence-corrected chi connectivity index (χ3v) is 5.50. The van der Waals surface area contributed by atoms with Crippen molar-refractivity contribution in [3.63, 3.8) is 0 Å². The van der Waals surface area contributed by atoms with E-state index in [1.165, 1.54) is 19.2 Å². The van der Waals surface area contributed by atoms with Crippen LogP contribution >= 0.6 is 11.6 Å². The Bertz CT molecular complexity index is 1200. The normalized spacial score (nSPS) is 11.9. The Balaban J connectivity index is 2.21. The first-order chi connectivity index (χ1) is 15.2. The van der Waals surface area contributed by atoms with Crippen LogP contribution in [0.3, 0.4) is 0 Å². The molecule has 0 aliphatic heterocycles. The number of anilines is 1. The predicted molar refractivity (Wildman–Crippen MR) is 114 cm³/mol. The minimum Gasteiger partial charge on any atom is -0.490 e. The van der Waals surface area contributed by atoms with E-state index in [0.29, 0.717) is 16.6 Å². The summed E-state index contributed by atoms with van der Waals surface area (Å²) >= 11 is 5.55. The molecule has 0 heterocycles. The zero-order chi connectivity index (χ0) is 25.0. The monoisotopic (exact) mass is 508 g/mol. The summed E-state index contributed by atoms with van der Waals surface area (Å²) in [7, 11) is -2.91. The number of ether oxygens (including phenoxy) is 1. The van der Waals surface area contributed by atoms with Crippen LogP contribution in [0.4, 0.5) is 24.5 Å². The number of nitro groups is 1. The molecule has 10 nitrogen and oxygen atoms in total. The molecule has 2 aromatic carbocycles. The van der Waals surface area contributed by atoms with E-state index in [4.69, 9.17) is 16.3 Å². The highest BCUT2D eigenvalue weighted by Crippen LogP contribution is 2.37. The quantitative estimate of drug-likeness (QED) is 0.331. The SMILES string of the molecule is COc1ccc(C=NNC(=O)CN(c2ccc(Cl)c(C(F)(F)F)c2)S(C)(=O)=O)cc1[N+](=O)[O-]. The van der Waals surface area contributed by atoms with Crippen molar-refractivity contribution in [2.75, 3.05) is 24.2 Å². The molecular weight excluding hydrogens is 493 g/mol. The molecule has 0 unspecified atom stereocenters. The number of rotatable bonds is 8. The second-order valence-corrected chi connectivity index (χ2v) is 8.73. The van der Waals surface area contributed by atoms with Gasteiger partial charge in [-0.1, -0.05) is 11.6 Å². The van der Waals surface area contributed by atoms with Crippen LogP contribution < -0.4 is 14.5 Å². The Morgan fingerprint density at radius 3 is 2.52 bits per heavy atom. The highest BCUT2D eigenvalue weighted by atomic mass is 35.5. The summed E-state index contributed by atoms with van der Waals surface area (Å²) in [4.78, 5) is 22.5. The van der Waals surface area contributed by atoms with Crippen molar-refractivity contribution in [3.05, 3.63) is 62.7 Å². The zero-order valence-electron chi connectivity index (χ0n) is 17.0. The number of halogens is 4. The molecule has 0 aliphatic rings. The van der Waals surface area contributed by atoms with Gasteiger partial charge in [0.15, 0.2) is 5.75 Å². The second kappa shape index (κ2) is 10.0. The molecule has 0 bridgehead atoms. The van der Waals surface area contributed by atoms with E-state index < -0.39 is 49.8 Å². The van der Waals surface area contributed by atoms with Crippen LogP contribution in [0.25, 0.3) is 0 Å². The number of carbonyl (C=O) groups excluding carboxylic acids is 1. The fourth-order valence-electron chi connectivity index (χ4n) is 2.56. The molecule has 1 N–H and O–H groups in total. The minimum absolute atomic E-state index is 0.00571. The Morgan fingerprint density at radius 2 is 1.97 bits per heavy atom. The second-order valence-electron chi connectivity index (χ2n) is 6.41. The molecule has 2 aromatic rings. The summed E-state index contributed by atoms with van der Waals surface area (Å²) in [6.45, 7) is -0.891. The number of benzene rings is 2. The third kappa shape index (κ3) is 6.79. The largest absolute Gasteiger partial charge is 0.490 e. The molecule has 2 rings (SSSR count). The summed E-state index contributed by atoms with van der Waals surface area (Å²) in [5.74, 6) is -0.977. The molecule has 0 radical (unpaired) electrons. The van der Waals surface area contributed by atoms with E-state index in [1.54, 1.807) is 0 Å². The number of hydrazone groups is 1. The maximum absolute atomic E-state index is 13.1. The van der Waals surface area contributed by atoms with Crippen LogP contribution in [0.5, 0.6) is 5.75 Å². The van der Waals surface area contributed by atoms with Crippen LogP contribution in [-0.2, 0) is 21.0 Å². The Labute approximate surface area is 190 Å². The lowest BCUT2D eigenvalue weighted by Gasteiger charge is -2.22. The van der Waals surface area contributed by atoms with Crippen molar-refractivity contribution in [3.8, 4) is 5.75 Å². The first kappa shape index (κ1) is 25.9. The van der Waals surface area contributed by atoms with Gasteiger partial charge < -0.3 is 4.74 Å². The molecule has 15 heteroatoms. The van der Waals surface area contributed by atoms with E-state index in [2.05, 4.69) is 5.10 Å². The van der Waals surface area contributed by atoms with Gasteiger partial charge >= 0.3 is 11.9 Å². The van der Waals surface area contributed by atoms with Crippen LogP contribution in [0.1, 0.15) is 11.1 Å². The maximum Gasteiger partial charge on any atom is 0.417 e. The number of nitrogens with zero attached hydrogens (tertiary/aromatic N) is 3. The number of nitrogens with one attached hydrogen (secondary N) is 1. The van der Waals surface area contributed by atoms with E-state index in [1.807, 2.05) is 5.43 Å². The molecule has 1 amide bonds. The number of carbonyl (C=O) groups is 1. The van der Waals surface area contributed by atoms with Gasteiger partial charge in [0.05, 0.1) is 40.8 Å². The van der Waals surface area contributed by atoms with Gasteiger partial charge in [-0.3, -0.25) is 19.2 Å². The summed E-state index contributed by atoms with van der Waals surface area (Å²) in [5, 5.41) is 14.0. The van der Waals surface area contributed by atoms with Gasteiger partial charge in [0.1, 0.15) is 6.54 Å². The van der Waals surface area contributed by atoms with Crippen molar-refractivity contribution < 1.29 is 36.0 Å². The molecule has 0 aromatic heterocycles. The topological polar surface area (TPSA) is 131 Å². The summed E-state index contributed by atoms with van der Waals surface area (Å²) in [5.41, 5.74) is 0.182. The molecule has 0 fully saturated rings. The fraction of sp³-hybridized carbons (Fsp3) is 0.222. The lowest BCUT2D eigenvalue weighted by Crippen LogP contribution is -2.39. The molecule has 0 aliphatic carbocycles. The van der Waals surface area contributed by atoms with Crippen molar-refractivity contribution in [1.82, 2.24) is 5.43 Å². The molecular formula is C18H16ClF3N4O6S. The summed E-state index contributed by atoms with van der Waals surface area (Å²) in [6, 6.07) is 6.25. The van der Waals surface area contributed by atoms with E-state index in [0.717, 1.165) is 24.4 Å². The van der Waals surface area contributed by atoms with E-state index >= 15 is 0 Å². The molecule has 178 valence electrons. The number of amides is 1. The Kier molecular flexibility index (Phi) is 7.87. The number of nitro benzene ring substituents is 1. The van der Waals surface area contributed by atoms with Gasteiger partial charge in [-0.2, -0.15) is 18.3 Å². The standard InChI is InChI=1S/C18H16ClF3N4O6S/c1-32-16-6-3-11(7-15(16)26(28)29)9-23-24-17(27)10-25(33(2,30)31)12-4-5-14(19)13(8-12)18(20,21)22/h3-9H,10H2,1-2H3,(H,24,27). The van der Waals surface area contributed by atoms with Gasteiger partial charge in [0, 0.05) is 11.6 Å². The highest BCUT2D eigenvalue weighted by Gasteiger charge is 2.34. The molecule has 0 saturated carbocycles. The highest BCUT2D eigenvalue weighted by molar-refractivity contribution is 7.92. The zero-order valence-corrected chi connectivity index (χ0v) is 18.5. The average Bonchev–Trinajstić information content (AvgIpc) is 2.70. The van der Waals surface area contributed by atoms with Gasteiger partial charge in [0.25, 0.3) is 5.91 Å². The van der Waals surface area contributed by atoms with Crippen molar-refractivity contribution >= 4 is 45.1 Å². The van der Waals surface area contributed by atoms with Crippen LogP contribution in [0.15, 0.2) is 41.5 Å². The van der Waals surface area contributed by atoms with Gasteiger partial charge in [-0.25, -0.2) is 13.8 Å². The van der Waals surface area contributed by atoms with Crippen molar-refractivity contribution in [2.45, 2.75) is 6.18 Å². The van der Waals surface area contributed by atoms with Gasteiger partial charge in [0.2, 0.25) is 10.0 Å². The Morgan fingerprint density at radius 1 is 1.30 bits per heavy atom. The number of hydrogen-bond donors (Lipinski definition) is 1. The molecule has 33 heavy (non-hydrogen) atoms. The van der Waals surface area contributed by atoms with E-state index in [9.17, 15) is 36.5 Å². The molecule has 0 spiro atoms. The van der Waals surface area contributed by atoms with Crippen molar-refractivity contribution in [1.29, 1.82) is 0 Å². The lowest BCUT2D eigenvalue weighted by molar-refractivity contribution is -0.385. The smallest absolute Gasteiger partial charge is 0.417 e. The fourth-order valence-corrected chi connectivity index (χ4v) is 3.63. The van der Waals surface area contributed by atoms with Crippen LogP contribution in [0.2, 0.25) is 5.02 Å². The minimum atomic E-state index is -4.84. The van der Waals surface area contributed by atoms with Gasteiger partial charge in [-0.15, -0.1) is 0 Å².